The molecule has 2 heterocycles. The van der Waals surface area contributed by atoms with Crippen molar-refractivity contribution >= 4 is 0 Å². The average molecular weight is 497 g/mol. The van der Waals surface area contributed by atoms with E-state index in [1.807, 2.05) is 61.2 Å². The van der Waals surface area contributed by atoms with Crippen LogP contribution in [0.15, 0.2) is 85.5 Å². The van der Waals surface area contributed by atoms with Gasteiger partial charge in [0.15, 0.2) is 37.9 Å². The Morgan fingerprint density at radius 3 is 1.16 bits per heavy atom. The Morgan fingerprint density at radius 2 is 0.838 bits per heavy atom. The quantitative estimate of drug-likeness (QED) is 0.324. The molecule has 0 amide bonds. The van der Waals surface area contributed by atoms with Crippen LogP contribution < -0.4 is 9.13 Å². The predicted octanol–water partition coefficient (Wildman–Crippen LogP) is 5.96. The van der Waals surface area contributed by atoms with Crippen molar-refractivity contribution in [3.8, 4) is 11.5 Å². The number of aromatic hydroxyl groups is 2. The van der Waals surface area contributed by atoms with Crippen LogP contribution >= 0.6 is 0 Å². The van der Waals surface area contributed by atoms with E-state index >= 15 is 0 Å². The van der Waals surface area contributed by atoms with Gasteiger partial charge in [0.25, 0.3) is 0 Å². The average Bonchev–Trinajstić information content (AvgIpc) is 2.83. The van der Waals surface area contributed by atoms with E-state index in [0.717, 1.165) is 22.3 Å². The molecule has 0 saturated carbocycles. The second-order valence-corrected chi connectivity index (χ2v) is 12.1. The summed E-state index contributed by atoms with van der Waals surface area (Å²) in [5.74, 6) is 0.591. The van der Waals surface area contributed by atoms with Gasteiger partial charge in [-0.25, -0.2) is 9.13 Å². The highest BCUT2D eigenvalue weighted by molar-refractivity contribution is 5.52. The molecule has 0 fully saturated rings. The van der Waals surface area contributed by atoms with Gasteiger partial charge in [-0.1, -0.05) is 65.8 Å². The molecule has 0 aliphatic carbocycles. The van der Waals surface area contributed by atoms with Crippen molar-refractivity contribution in [1.29, 1.82) is 0 Å². The molecule has 0 spiro atoms. The Balaban J connectivity index is 1.81. The van der Waals surface area contributed by atoms with Gasteiger partial charge in [0.1, 0.15) is 11.5 Å². The molecule has 0 aliphatic rings. The molecule has 4 nitrogen and oxygen atoms in total. The molecule has 2 aromatic heterocycles. The fraction of sp³-hybridized carbons (Fsp3) is 0.333. The molecule has 4 aromatic rings. The van der Waals surface area contributed by atoms with Crippen LogP contribution in [0.25, 0.3) is 0 Å². The maximum absolute atomic E-state index is 11.4. The van der Waals surface area contributed by atoms with Crippen molar-refractivity contribution in [2.45, 2.75) is 71.9 Å². The summed E-state index contributed by atoms with van der Waals surface area (Å²) in [6, 6.07) is 20.4. The third-order valence-corrected chi connectivity index (χ3v) is 6.91. The number of phenols is 2. The van der Waals surface area contributed by atoms with E-state index < -0.39 is 0 Å². The maximum Gasteiger partial charge on any atom is 0.177 e. The lowest BCUT2D eigenvalue weighted by atomic mass is 9.82. The molecule has 0 aliphatic heterocycles. The second-order valence-electron chi connectivity index (χ2n) is 12.1. The highest BCUT2D eigenvalue weighted by Crippen LogP contribution is 2.36. The third kappa shape index (κ3) is 6.37. The highest BCUT2D eigenvalue weighted by atomic mass is 16.3. The van der Waals surface area contributed by atoms with Gasteiger partial charge in [-0.3, -0.25) is 0 Å². The van der Waals surface area contributed by atoms with Crippen molar-refractivity contribution < 1.29 is 19.3 Å². The van der Waals surface area contributed by atoms with Crippen LogP contribution in [0.2, 0.25) is 0 Å². The number of benzene rings is 2. The van der Waals surface area contributed by atoms with Crippen molar-refractivity contribution in [2.75, 3.05) is 0 Å². The first-order valence-electron chi connectivity index (χ1n) is 13.0. The SMILES string of the molecule is CC(C)(C)c1cc(Cc2cc(C(C)(C)C)cc(C[n+]3ccccc3)c2O)c(O)c(C[n+]2ccccc2)c1. The van der Waals surface area contributed by atoms with Gasteiger partial charge >= 0.3 is 0 Å². The van der Waals surface area contributed by atoms with Gasteiger partial charge in [-0.2, -0.15) is 0 Å². The molecular weight excluding hydrogens is 456 g/mol. The summed E-state index contributed by atoms with van der Waals surface area (Å²) < 4.78 is 4.14. The number of nitrogens with zero attached hydrogens (tertiary/aromatic N) is 2. The van der Waals surface area contributed by atoms with Gasteiger partial charge < -0.3 is 10.2 Å². The zero-order valence-corrected chi connectivity index (χ0v) is 23.0. The van der Waals surface area contributed by atoms with Crippen LogP contribution in [-0.4, -0.2) is 10.2 Å². The Kier molecular flexibility index (Phi) is 7.40. The molecule has 2 N–H and O–H groups in total. The first-order chi connectivity index (χ1) is 17.4. The fourth-order valence-electron chi connectivity index (χ4n) is 4.57. The van der Waals surface area contributed by atoms with Gasteiger partial charge in [0.05, 0.1) is 11.1 Å². The predicted molar refractivity (Wildman–Crippen MR) is 148 cm³/mol. The Labute approximate surface area is 221 Å². The first kappa shape index (κ1) is 26.4. The van der Waals surface area contributed by atoms with E-state index in [9.17, 15) is 10.2 Å². The fourth-order valence-corrected chi connectivity index (χ4v) is 4.57. The van der Waals surface area contributed by atoms with E-state index in [1.165, 1.54) is 11.1 Å². The lowest BCUT2D eigenvalue weighted by molar-refractivity contribution is -0.688. The summed E-state index contributed by atoms with van der Waals surface area (Å²) in [6.07, 6.45) is 8.48. The van der Waals surface area contributed by atoms with Gasteiger partial charge in [0, 0.05) is 30.7 Å². The molecule has 0 unspecified atom stereocenters. The normalized spacial score (nSPS) is 12.1. The highest BCUT2D eigenvalue weighted by Gasteiger charge is 2.24. The van der Waals surface area contributed by atoms with Crippen molar-refractivity contribution in [3.05, 3.63) is 119 Å². The zero-order valence-electron chi connectivity index (χ0n) is 23.0. The molecule has 0 atom stereocenters. The van der Waals surface area contributed by atoms with Crippen LogP contribution in [0, 0.1) is 0 Å². The van der Waals surface area contributed by atoms with E-state index in [-0.39, 0.29) is 10.8 Å². The summed E-state index contributed by atoms with van der Waals surface area (Å²) in [5, 5.41) is 22.9. The van der Waals surface area contributed by atoms with E-state index in [1.54, 1.807) is 0 Å². The van der Waals surface area contributed by atoms with Gasteiger partial charge in [-0.15, -0.1) is 0 Å². The lowest BCUT2D eigenvalue weighted by Crippen LogP contribution is -2.33. The summed E-state index contributed by atoms with van der Waals surface area (Å²) in [5.41, 5.74) is 5.59. The summed E-state index contributed by atoms with van der Waals surface area (Å²) in [7, 11) is 0. The summed E-state index contributed by atoms with van der Waals surface area (Å²) >= 11 is 0. The maximum atomic E-state index is 11.4. The van der Waals surface area contributed by atoms with Crippen LogP contribution in [0.5, 0.6) is 11.5 Å². The molecule has 2 aromatic carbocycles. The number of hydrogen-bond acceptors (Lipinski definition) is 2. The van der Waals surface area contributed by atoms with E-state index in [2.05, 4.69) is 74.9 Å². The zero-order chi connectivity index (χ0) is 26.8. The molecule has 0 bridgehead atoms. The number of hydrogen-bond donors (Lipinski definition) is 2. The molecule has 0 radical (unpaired) electrons. The minimum Gasteiger partial charge on any atom is -0.507 e. The van der Waals surface area contributed by atoms with Crippen molar-refractivity contribution in [2.24, 2.45) is 0 Å². The summed E-state index contributed by atoms with van der Waals surface area (Å²) in [4.78, 5) is 0. The minimum absolute atomic E-state index is 0.0804. The number of phenolic OH excluding ortho intramolecular Hbond substituents is 2. The molecule has 4 heteroatoms. The monoisotopic (exact) mass is 496 g/mol. The van der Waals surface area contributed by atoms with Crippen LogP contribution in [-0.2, 0) is 30.3 Å². The van der Waals surface area contributed by atoms with Gasteiger partial charge in [-0.05, 0) is 45.2 Å². The first-order valence-corrected chi connectivity index (χ1v) is 13.0. The van der Waals surface area contributed by atoms with E-state index in [4.69, 9.17) is 0 Å². The molecule has 37 heavy (non-hydrogen) atoms. The van der Waals surface area contributed by atoms with Crippen LogP contribution in [0.1, 0.15) is 74.9 Å². The lowest BCUT2D eigenvalue weighted by Gasteiger charge is -2.24. The van der Waals surface area contributed by atoms with Gasteiger partial charge in [0.2, 0.25) is 0 Å². The number of pyridine rings is 2. The Bertz CT molecular complexity index is 1260. The second kappa shape index (κ2) is 10.4. The standard InChI is InChI=1S/C33H38N2O2/c1-32(2,3)28-18-24(30(36)26(20-28)22-34-13-9-7-10-14-34)17-25-19-29(33(4,5)6)21-27(31(25)37)23-35-15-11-8-12-16-35/h7-16,18-21H,17,22-23H2,1-6H3/p+2. The summed E-state index contributed by atoms with van der Waals surface area (Å²) in [6.45, 7) is 14.3. The third-order valence-electron chi connectivity index (χ3n) is 6.91. The topological polar surface area (TPSA) is 48.2 Å². The molecule has 4 rings (SSSR count). The molecule has 192 valence electrons. The molecular formula is C33H40N2O2+2. The van der Waals surface area contributed by atoms with Crippen molar-refractivity contribution in [1.82, 2.24) is 0 Å². The molecule has 0 saturated heterocycles. The van der Waals surface area contributed by atoms with Crippen LogP contribution in [0.4, 0.5) is 0 Å². The minimum atomic E-state index is -0.0804. The van der Waals surface area contributed by atoms with Crippen molar-refractivity contribution in [3.63, 3.8) is 0 Å². The van der Waals surface area contributed by atoms with E-state index in [0.29, 0.717) is 31.0 Å². The number of rotatable bonds is 6. The Hall–Kier alpha value is -3.66. The van der Waals surface area contributed by atoms with Crippen LogP contribution in [0.3, 0.4) is 0 Å². The smallest absolute Gasteiger partial charge is 0.177 e. The Morgan fingerprint density at radius 1 is 0.514 bits per heavy atom. The largest absolute Gasteiger partial charge is 0.507 e. The number of aromatic nitrogens is 2.